The van der Waals surface area contributed by atoms with Gasteiger partial charge in [-0.2, -0.15) is 0 Å². The summed E-state index contributed by atoms with van der Waals surface area (Å²) in [4.78, 5) is 16.9. The Kier molecular flexibility index (Phi) is 21.7. The monoisotopic (exact) mass is 846 g/mol. The van der Waals surface area contributed by atoms with Gasteiger partial charge in [-0.05, 0) is 142 Å². The van der Waals surface area contributed by atoms with Crippen molar-refractivity contribution in [2.24, 2.45) is 0 Å². The fourth-order valence-corrected chi connectivity index (χ4v) is 5.88. The first-order valence-electron chi connectivity index (χ1n) is 20.4. The van der Waals surface area contributed by atoms with Crippen molar-refractivity contribution in [3.8, 4) is 11.5 Å². The van der Waals surface area contributed by atoms with E-state index in [0.29, 0.717) is 16.3 Å². The van der Waals surface area contributed by atoms with Crippen LogP contribution in [0, 0.1) is 0 Å². The second kappa shape index (κ2) is 24.0. The third-order valence-corrected chi connectivity index (χ3v) is 13.0. The van der Waals surface area contributed by atoms with E-state index >= 15 is 0 Å². The number of hydrogen-bond acceptors (Lipinski definition) is 6. The maximum atomic E-state index is 11.5. The van der Waals surface area contributed by atoms with Gasteiger partial charge in [0.1, 0.15) is 11.5 Å². The van der Waals surface area contributed by atoms with Crippen LogP contribution < -0.4 is 4.74 Å². The molecule has 0 heterocycles. The Bertz CT molecular complexity index is 1660. The minimum Gasteiger partial charge on any atom is -0.508 e. The maximum Gasteiger partial charge on any atom is 0.285 e. The van der Waals surface area contributed by atoms with Crippen LogP contribution in [0.5, 0.6) is 11.5 Å². The predicted octanol–water partition coefficient (Wildman–Crippen LogP) is 14.5. The first-order valence-corrected chi connectivity index (χ1v) is 22.1. The average molecular weight is 847 g/mol. The van der Waals surface area contributed by atoms with Gasteiger partial charge in [0.2, 0.25) is 0 Å². The molecular formula is C50H74N2O3S3. The summed E-state index contributed by atoms with van der Waals surface area (Å²) in [6.07, 6.45) is 4.50. The second-order valence-electron chi connectivity index (χ2n) is 17.6. The molecule has 0 aliphatic heterocycles. The van der Waals surface area contributed by atoms with E-state index in [2.05, 4.69) is 144 Å². The van der Waals surface area contributed by atoms with Crippen LogP contribution >= 0.6 is 36.6 Å². The highest BCUT2D eigenvalue weighted by Gasteiger charge is 2.20. The summed E-state index contributed by atoms with van der Waals surface area (Å²) >= 11 is 10.6. The summed E-state index contributed by atoms with van der Waals surface area (Å²) in [6.45, 7) is 26.7. The summed E-state index contributed by atoms with van der Waals surface area (Å²) in [5, 5.41) is 9.64. The molecule has 0 radical (unpaired) electrons. The summed E-state index contributed by atoms with van der Waals surface area (Å²) < 4.78 is 5.53. The minimum atomic E-state index is 0.0625. The van der Waals surface area contributed by atoms with Gasteiger partial charge in [0.05, 0.1) is 0 Å². The van der Waals surface area contributed by atoms with Gasteiger partial charge in [-0.25, -0.2) is 0 Å². The van der Waals surface area contributed by atoms with Crippen LogP contribution in [0.4, 0.5) is 4.79 Å². The Morgan fingerprint density at radius 2 is 0.879 bits per heavy atom. The number of carbonyl (C=O) groups is 1. The molecule has 0 aliphatic carbocycles. The van der Waals surface area contributed by atoms with E-state index < -0.39 is 0 Å². The van der Waals surface area contributed by atoms with Crippen LogP contribution in [0.1, 0.15) is 131 Å². The number of nitrogens with zero attached hydrogens (tertiary/aromatic N) is 2. The number of phenolic OH excluding ortho intramolecular Hbond substituents is 1. The van der Waals surface area contributed by atoms with E-state index in [1.165, 1.54) is 40.4 Å². The number of phenols is 1. The first-order chi connectivity index (χ1) is 26.8. The number of rotatable bonds is 10. The Morgan fingerprint density at radius 3 is 1.19 bits per heavy atom. The maximum absolute atomic E-state index is 11.5. The molecule has 1 N–H and O–H groups in total. The lowest BCUT2D eigenvalue weighted by Crippen LogP contribution is -2.25. The van der Waals surface area contributed by atoms with Crippen LogP contribution in [-0.4, -0.2) is 53.5 Å². The van der Waals surface area contributed by atoms with E-state index in [1.54, 1.807) is 36.0 Å². The van der Waals surface area contributed by atoms with Crippen molar-refractivity contribution < 1.29 is 14.6 Å². The molecule has 0 aromatic heterocycles. The molecule has 4 aromatic carbocycles. The number of benzene rings is 4. The number of amides is 1. The van der Waals surface area contributed by atoms with Gasteiger partial charge in [-0.3, -0.25) is 4.79 Å². The molecule has 1 amide bonds. The zero-order chi connectivity index (χ0) is 44.5. The normalized spacial score (nSPS) is 11.4. The smallest absolute Gasteiger partial charge is 0.285 e. The molecule has 0 aliphatic rings. The molecule has 8 heteroatoms. The Balaban J connectivity index is 0.000000392. The van der Waals surface area contributed by atoms with Crippen LogP contribution in [-0.2, 0) is 21.7 Å². The fourth-order valence-electron chi connectivity index (χ4n) is 4.97. The number of thiocarbonyl (C=S) groups is 1. The van der Waals surface area contributed by atoms with E-state index in [9.17, 15) is 4.79 Å². The highest BCUT2D eigenvalue weighted by atomic mass is 32.2. The van der Waals surface area contributed by atoms with E-state index in [4.69, 9.17) is 22.1 Å². The van der Waals surface area contributed by atoms with Crippen LogP contribution in [0.25, 0.3) is 0 Å². The zero-order valence-electron chi connectivity index (χ0n) is 38.5. The van der Waals surface area contributed by atoms with Crippen molar-refractivity contribution in [3.05, 3.63) is 119 Å². The van der Waals surface area contributed by atoms with Crippen LogP contribution in [0.15, 0.2) is 107 Å². The predicted molar refractivity (Wildman–Crippen MR) is 260 cm³/mol. The first kappa shape index (κ1) is 52.6. The molecule has 0 saturated heterocycles. The lowest BCUT2D eigenvalue weighted by atomic mass is 9.82. The van der Waals surface area contributed by atoms with Gasteiger partial charge < -0.3 is 19.6 Å². The zero-order valence-corrected chi connectivity index (χ0v) is 41.0. The number of thioether (sulfide) groups is 1. The van der Waals surface area contributed by atoms with E-state index in [1.807, 2.05) is 50.5 Å². The summed E-state index contributed by atoms with van der Waals surface area (Å²) in [7, 11) is 7.28. The molecule has 320 valence electrons. The molecule has 5 nitrogen and oxygen atoms in total. The number of ether oxygens (including phenoxy) is 1. The molecule has 0 fully saturated rings. The molecule has 4 rings (SSSR count). The highest BCUT2D eigenvalue weighted by Crippen LogP contribution is 2.31. The largest absolute Gasteiger partial charge is 0.508 e. The summed E-state index contributed by atoms with van der Waals surface area (Å²) in [5.41, 5.74) is 6.24. The van der Waals surface area contributed by atoms with Crippen molar-refractivity contribution >= 4 is 47.0 Å². The third-order valence-electron chi connectivity index (χ3n) is 11.2. The number of hydrogen-bond donors (Lipinski definition) is 2. The Hall–Kier alpha value is -3.46. The second-order valence-corrected chi connectivity index (χ2v) is 19.5. The van der Waals surface area contributed by atoms with Gasteiger partial charge in [0.15, 0.2) is 0 Å². The molecule has 4 aromatic rings. The Labute approximate surface area is 368 Å². The van der Waals surface area contributed by atoms with Crippen molar-refractivity contribution in [2.75, 3.05) is 28.2 Å². The summed E-state index contributed by atoms with van der Waals surface area (Å²) in [6, 6.07) is 32.3. The molecule has 0 spiro atoms. The SMILES string of the molecule is CCC(C)(C)c1ccc(O)cc1.CCC(C)(C)c1ccc(OC(=S)N(C)C)cc1.CCC(C)(C)c1ccc(S)cc1.CCC(C)(C)c1ccc(SC(=O)N(C)C)cc1. The standard InChI is InChI=1S/2C14H21NOS.C11H16O.C11H16S/c1-6-14(2,3)11-7-9-12(10-8-11)17-13(16)15(4)5;1-6-14(2,3)11-7-9-12(10-8-11)16-13(17)15(4)5;2*1-4-11(2,3)9-5-7-10(12)8-6-9/h2*7-10H,6H2,1-5H3;2*5-8,12H,4H2,1-3H3. The van der Waals surface area contributed by atoms with Crippen LogP contribution in [0.2, 0.25) is 0 Å². The van der Waals surface area contributed by atoms with Crippen molar-refractivity contribution in [3.63, 3.8) is 0 Å². The lowest BCUT2D eigenvalue weighted by Gasteiger charge is -2.23. The fraction of sp³-hybridized carbons (Fsp3) is 0.480. The molecule has 0 bridgehead atoms. The molecule has 0 unspecified atom stereocenters. The van der Waals surface area contributed by atoms with Gasteiger partial charge in [-0.15, -0.1) is 12.6 Å². The summed E-state index contributed by atoms with van der Waals surface area (Å²) in [5.74, 6) is 1.13. The number of thiol groups is 1. The lowest BCUT2D eigenvalue weighted by molar-refractivity contribution is 0.241. The molecule has 58 heavy (non-hydrogen) atoms. The third kappa shape index (κ3) is 17.8. The van der Waals surface area contributed by atoms with Gasteiger partial charge in [0.25, 0.3) is 10.4 Å². The number of carbonyl (C=O) groups excluding carboxylic acids is 1. The van der Waals surface area contributed by atoms with Crippen molar-refractivity contribution in [1.82, 2.24) is 9.80 Å². The van der Waals surface area contributed by atoms with Crippen molar-refractivity contribution in [2.45, 2.75) is 140 Å². The topological polar surface area (TPSA) is 53.0 Å². The van der Waals surface area contributed by atoms with Crippen LogP contribution in [0.3, 0.4) is 0 Å². The highest BCUT2D eigenvalue weighted by molar-refractivity contribution is 8.13. The van der Waals surface area contributed by atoms with E-state index in [0.717, 1.165) is 34.8 Å². The average Bonchev–Trinajstić information content (AvgIpc) is 3.19. The van der Waals surface area contributed by atoms with Crippen molar-refractivity contribution in [1.29, 1.82) is 0 Å². The Morgan fingerprint density at radius 1 is 0.569 bits per heavy atom. The van der Waals surface area contributed by atoms with Gasteiger partial charge >= 0.3 is 0 Å². The quantitative estimate of drug-likeness (QED) is 0.0942. The van der Waals surface area contributed by atoms with Gasteiger partial charge in [0, 0.05) is 38.0 Å². The molecule has 0 saturated carbocycles. The van der Waals surface area contributed by atoms with Gasteiger partial charge in [-0.1, -0.05) is 132 Å². The van der Waals surface area contributed by atoms with E-state index in [-0.39, 0.29) is 21.5 Å². The molecular weight excluding hydrogens is 773 g/mol. The number of aromatic hydroxyl groups is 1. The molecule has 0 atom stereocenters. The minimum absolute atomic E-state index is 0.0625.